The molecule has 1 saturated heterocycles. The first-order valence-corrected chi connectivity index (χ1v) is 11.9. The highest BCUT2D eigenvalue weighted by Crippen LogP contribution is 2.29. The van der Waals surface area contributed by atoms with Crippen molar-refractivity contribution in [3.63, 3.8) is 0 Å². The summed E-state index contributed by atoms with van der Waals surface area (Å²) < 4.78 is 20.4. The average molecular weight is 480 g/mol. The van der Waals surface area contributed by atoms with Gasteiger partial charge in [0.15, 0.2) is 0 Å². The predicted molar refractivity (Wildman–Crippen MR) is 136 cm³/mol. The number of amides is 2. The Morgan fingerprint density at radius 2 is 1.83 bits per heavy atom. The highest BCUT2D eigenvalue weighted by Gasteiger charge is 2.34. The molecule has 1 aliphatic heterocycles. The number of anilines is 1. The number of urea groups is 1. The van der Waals surface area contributed by atoms with Crippen molar-refractivity contribution < 1.29 is 13.9 Å². The minimum absolute atomic E-state index is 0.0569. The quantitative estimate of drug-likeness (QED) is 0.522. The molecule has 1 aromatic heterocycles. The Bertz CT molecular complexity index is 1120. The third kappa shape index (κ3) is 6.07. The second kappa shape index (κ2) is 10.6. The number of nitrogens with zero attached hydrogens (tertiary/aromatic N) is 3. The van der Waals surface area contributed by atoms with Gasteiger partial charge in [0.1, 0.15) is 11.6 Å². The standard InChI is InChI=1S/C27H34FN5O2/c1-27(2,3)24-16-25(33(31-24)21-12-10-20(28)11-13-21)30-26(34)29-23-18-32(14-15-35-4)17-22(23)19-8-6-5-7-9-19/h5-13,16,22-23H,14-15,17-18H2,1-4H3,(H2,29,30,34). The van der Waals surface area contributed by atoms with Gasteiger partial charge >= 0.3 is 6.03 Å². The molecule has 3 aromatic rings. The summed E-state index contributed by atoms with van der Waals surface area (Å²) in [4.78, 5) is 15.5. The third-order valence-electron chi connectivity index (χ3n) is 6.34. The molecule has 0 aliphatic carbocycles. The lowest BCUT2D eigenvalue weighted by Crippen LogP contribution is -2.42. The van der Waals surface area contributed by atoms with Crippen molar-refractivity contribution in [2.75, 3.05) is 38.7 Å². The van der Waals surface area contributed by atoms with Gasteiger partial charge in [-0.15, -0.1) is 0 Å². The molecule has 2 aromatic carbocycles. The second-order valence-corrected chi connectivity index (χ2v) is 10.0. The highest BCUT2D eigenvalue weighted by atomic mass is 19.1. The van der Waals surface area contributed by atoms with Crippen LogP contribution in [0.15, 0.2) is 60.7 Å². The summed E-state index contributed by atoms with van der Waals surface area (Å²) in [5, 5.41) is 10.9. The van der Waals surface area contributed by atoms with E-state index in [4.69, 9.17) is 9.84 Å². The molecule has 2 amide bonds. The SMILES string of the molecule is COCCN1CC(NC(=O)Nc2cc(C(C)(C)C)nn2-c2ccc(F)cc2)C(c2ccccc2)C1. The van der Waals surface area contributed by atoms with Crippen LogP contribution in [0.1, 0.15) is 37.9 Å². The highest BCUT2D eigenvalue weighted by molar-refractivity contribution is 5.89. The van der Waals surface area contributed by atoms with Crippen LogP contribution in [0, 0.1) is 5.82 Å². The van der Waals surface area contributed by atoms with Crippen LogP contribution in [0.4, 0.5) is 15.0 Å². The molecule has 2 unspecified atom stereocenters. The van der Waals surface area contributed by atoms with Gasteiger partial charge in [-0.2, -0.15) is 5.10 Å². The van der Waals surface area contributed by atoms with Crippen molar-refractivity contribution in [1.29, 1.82) is 0 Å². The van der Waals surface area contributed by atoms with E-state index in [2.05, 4.69) is 48.4 Å². The Morgan fingerprint density at radius 3 is 2.49 bits per heavy atom. The summed E-state index contributed by atoms with van der Waals surface area (Å²) >= 11 is 0. The summed E-state index contributed by atoms with van der Waals surface area (Å²) in [5.74, 6) is 0.380. The molecule has 7 nitrogen and oxygen atoms in total. The lowest BCUT2D eigenvalue weighted by Gasteiger charge is -2.20. The lowest BCUT2D eigenvalue weighted by atomic mass is 9.92. The van der Waals surface area contributed by atoms with Crippen LogP contribution < -0.4 is 10.6 Å². The molecule has 1 fully saturated rings. The normalized spacial score (nSPS) is 18.5. The van der Waals surface area contributed by atoms with E-state index in [0.717, 1.165) is 25.3 Å². The van der Waals surface area contributed by atoms with Gasteiger partial charge in [0.25, 0.3) is 0 Å². The van der Waals surface area contributed by atoms with Crippen molar-refractivity contribution in [3.05, 3.63) is 77.7 Å². The third-order valence-corrected chi connectivity index (χ3v) is 6.34. The number of hydrogen-bond acceptors (Lipinski definition) is 4. The van der Waals surface area contributed by atoms with Crippen LogP contribution in [0.2, 0.25) is 0 Å². The maximum Gasteiger partial charge on any atom is 0.320 e. The average Bonchev–Trinajstić information content (AvgIpc) is 3.43. The Kier molecular flexibility index (Phi) is 7.52. The van der Waals surface area contributed by atoms with Gasteiger partial charge in [-0.1, -0.05) is 51.1 Å². The molecule has 4 rings (SSSR count). The number of carbonyl (C=O) groups is 1. The summed E-state index contributed by atoms with van der Waals surface area (Å²) in [5.41, 5.74) is 2.48. The van der Waals surface area contributed by atoms with Crippen molar-refractivity contribution in [1.82, 2.24) is 20.0 Å². The van der Waals surface area contributed by atoms with Crippen LogP contribution in [0.3, 0.4) is 0 Å². The topological polar surface area (TPSA) is 71.4 Å². The van der Waals surface area contributed by atoms with E-state index < -0.39 is 0 Å². The zero-order valence-electron chi connectivity index (χ0n) is 20.8. The van der Waals surface area contributed by atoms with Crippen molar-refractivity contribution in [2.45, 2.75) is 38.1 Å². The maximum absolute atomic E-state index is 13.5. The molecule has 2 N–H and O–H groups in total. The molecule has 0 saturated carbocycles. The Morgan fingerprint density at radius 1 is 1.11 bits per heavy atom. The molecule has 35 heavy (non-hydrogen) atoms. The van der Waals surface area contributed by atoms with Crippen LogP contribution in [-0.4, -0.2) is 60.1 Å². The van der Waals surface area contributed by atoms with Crippen LogP contribution in [0.25, 0.3) is 5.69 Å². The first-order valence-electron chi connectivity index (χ1n) is 11.9. The van der Waals surface area contributed by atoms with Crippen LogP contribution in [-0.2, 0) is 10.2 Å². The molecule has 0 spiro atoms. The minimum atomic E-state index is -0.324. The molecule has 186 valence electrons. The molecule has 0 radical (unpaired) electrons. The minimum Gasteiger partial charge on any atom is -0.383 e. The van der Waals surface area contributed by atoms with E-state index in [9.17, 15) is 9.18 Å². The predicted octanol–water partition coefficient (Wildman–Crippen LogP) is 4.54. The fraction of sp³-hybridized carbons (Fsp3) is 0.407. The van der Waals surface area contributed by atoms with E-state index in [1.807, 2.05) is 24.3 Å². The van der Waals surface area contributed by atoms with E-state index in [1.165, 1.54) is 17.7 Å². The van der Waals surface area contributed by atoms with Crippen LogP contribution in [0.5, 0.6) is 0 Å². The summed E-state index contributed by atoms with van der Waals surface area (Å²) in [6.45, 7) is 9.23. The number of nitrogens with one attached hydrogen (secondary N) is 2. The fourth-order valence-corrected chi connectivity index (χ4v) is 4.41. The van der Waals surface area contributed by atoms with Crippen molar-refractivity contribution >= 4 is 11.8 Å². The molecule has 0 bridgehead atoms. The summed E-state index contributed by atoms with van der Waals surface area (Å²) in [6, 6.07) is 17.8. The van der Waals surface area contributed by atoms with Crippen LogP contribution >= 0.6 is 0 Å². The second-order valence-electron chi connectivity index (χ2n) is 10.0. The number of ether oxygens (including phenoxy) is 1. The number of benzene rings is 2. The van der Waals surface area contributed by atoms with E-state index in [0.29, 0.717) is 18.1 Å². The first-order chi connectivity index (χ1) is 16.7. The molecular weight excluding hydrogens is 445 g/mol. The maximum atomic E-state index is 13.5. The molecule has 1 aliphatic rings. The van der Waals surface area contributed by atoms with Gasteiger partial charge in [0, 0.05) is 44.1 Å². The summed E-state index contributed by atoms with van der Waals surface area (Å²) in [6.07, 6.45) is 0. The van der Waals surface area contributed by atoms with Gasteiger partial charge in [-0.25, -0.2) is 13.9 Å². The number of hydrogen-bond donors (Lipinski definition) is 2. The van der Waals surface area contributed by atoms with Crippen molar-refractivity contribution in [3.8, 4) is 5.69 Å². The summed E-state index contributed by atoms with van der Waals surface area (Å²) in [7, 11) is 1.70. The molecule has 2 atom stereocenters. The Labute approximate surface area is 206 Å². The number of likely N-dealkylation sites (tertiary alicyclic amines) is 1. The van der Waals surface area contributed by atoms with Gasteiger partial charge in [-0.3, -0.25) is 10.2 Å². The monoisotopic (exact) mass is 479 g/mol. The smallest absolute Gasteiger partial charge is 0.320 e. The molecule has 8 heteroatoms. The molecular formula is C27H34FN5O2. The fourth-order valence-electron chi connectivity index (χ4n) is 4.41. The van der Waals surface area contributed by atoms with E-state index >= 15 is 0 Å². The molecule has 2 heterocycles. The van der Waals surface area contributed by atoms with Gasteiger partial charge in [-0.05, 0) is 29.8 Å². The van der Waals surface area contributed by atoms with E-state index in [-0.39, 0.29) is 29.2 Å². The number of methoxy groups -OCH3 is 1. The van der Waals surface area contributed by atoms with Gasteiger partial charge in [0.05, 0.1) is 24.0 Å². The van der Waals surface area contributed by atoms with Crippen molar-refractivity contribution in [2.24, 2.45) is 0 Å². The number of carbonyl (C=O) groups excluding carboxylic acids is 1. The van der Waals surface area contributed by atoms with Gasteiger partial charge in [0.2, 0.25) is 0 Å². The number of rotatable bonds is 7. The van der Waals surface area contributed by atoms with E-state index in [1.54, 1.807) is 23.9 Å². The van der Waals surface area contributed by atoms with Gasteiger partial charge < -0.3 is 10.1 Å². The zero-order chi connectivity index (χ0) is 25.0. The largest absolute Gasteiger partial charge is 0.383 e. The first kappa shape index (κ1) is 24.9. The number of halogens is 1. The zero-order valence-corrected chi connectivity index (χ0v) is 20.8. The number of aromatic nitrogens is 2. The lowest BCUT2D eigenvalue weighted by molar-refractivity contribution is 0.159. The Hall–Kier alpha value is -3.23. The Balaban J connectivity index is 1.54.